The minimum absolute atomic E-state index is 0.0285. The third-order valence-electron chi connectivity index (χ3n) is 3.31. The fraction of sp³-hybridized carbons (Fsp3) is 0.533. The largest absolute Gasteiger partial charge is 0.503 e. The highest BCUT2D eigenvalue weighted by Gasteiger charge is 2.40. The first kappa shape index (κ1) is 18.0. The quantitative estimate of drug-likeness (QED) is 0.622. The van der Waals surface area contributed by atoms with Crippen molar-refractivity contribution in [2.24, 2.45) is 4.99 Å². The number of ether oxygens (including phenoxy) is 4. The molecule has 0 amide bonds. The molecule has 2 heterocycles. The van der Waals surface area contributed by atoms with Crippen LogP contribution in [0.5, 0.6) is 11.5 Å². The van der Waals surface area contributed by atoms with Crippen molar-refractivity contribution in [3.8, 4) is 11.5 Å². The molecular weight excluding hydrogens is 320 g/mol. The average Bonchev–Trinajstić information content (AvgIpc) is 2.96. The van der Waals surface area contributed by atoms with E-state index >= 15 is 0 Å². The van der Waals surface area contributed by atoms with Crippen molar-refractivity contribution < 1.29 is 34.0 Å². The molecule has 0 aliphatic carbocycles. The van der Waals surface area contributed by atoms with Gasteiger partial charge in [-0.25, -0.2) is 14.8 Å². The highest BCUT2D eigenvalue weighted by atomic mass is 16.5. The van der Waals surface area contributed by atoms with Crippen LogP contribution >= 0.6 is 0 Å². The van der Waals surface area contributed by atoms with Crippen LogP contribution in [0.25, 0.3) is 0 Å². The number of carbonyl (C=O) groups is 1. The summed E-state index contributed by atoms with van der Waals surface area (Å²) in [6.07, 6.45) is 1.42. The van der Waals surface area contributed by atoms with E-state index in [1.807, 2.05) is 0 Å². The van der Waals surface area contributed by atoms with Crippen LogP contribution in [0.15, 0.2) is 17.3 Å². The van der Waals surface area contributed by atoms with Crippen molar-refractivity contribution in [1.29, 1.82) is 0 Å². The van der Waals surface area contributed by atoms with Crippen LogP contribution < -0.4 is 4.74 Å². The monoisotopic (exact) mass is 340 g/mol. The van der Waals surface area contributed by atoms with Crippen molar-refractivity contribution in [2.45, 2.75) is 12.5 Å². The predicted molar refractivity (Wildman–Crippen MR) is 82.6 cm³/mol. The Balaban J connectivity index is 2.02. The second-order valence-electron chi connectivity index (χ2n) is 5.24. The number of hydrogen-bond acceptors (Lipinski definition) is 8. The lowest BCUT2D eigenvalue weighted by atomic mass is 10.1. The third-order valence-corrected chi connectivity index (χ3v) is 3.31. The number of pyridine rings is 1. The molecule has 1 aromatic heterocycles. The van der Waals surface area contributed by atoms with Gasteiger partial charge in [0.25, 0.3) is 0 Å². The second-order valence-corrected chi connectivity index (χ2v) is 5.24. The maximum Gasteiger partial charge on any atom is 0.335 e. The maximum atomic E-state index is 11.2. The summed E-state index contributed by atoms with van der Waals surface area (Å²) in [7, 11) is 1.58. The van der Waals surface area contributed by atoms with Crippen LogP contribution in [0.1, 0.15) is 12.6 Å². The zero-order chi connectivity index (χ0) is 17.6. The molecular formula is C15H20N2O7. The standard InChI is InChI=1S/C15H20N2O7/c1-15(14(19)20)9-24-13(17-15)11-12(18)10(3-4-16-11)23-8-7-22-6-5-21-2/h3-4,18H,5-9H2,1-2H3,(H,19,20)/t15-/m1/s1. The van der Waals surface area contributed by atoms with Gasteiger partial charge in [0.1, 0.15) is 13.2 Å². The van der Waals surface area contributed by atoms with E-state index in [-0.39, 0.29) is 36.3 Å². The molecule has 2 N–H and O–H groups in total. The number of hydrogen-bond donors (Lipinski definition) is 2. The summed E-state index contributed by atoms with van der Waals surface area (Å²) in [6.45, 7) is 2.79. The lowest BCUT2D eigenvalue weighted by Gasteiger charge is -2.10. The Hall–Kier alpha value is -2.39. The van der Waals surface area contributed by atoms with E-state index in [0.717, 1.165) is 0 Å². The van der Waals surface area contributed by atoms with Crippen LogP contribution in [0.3, 0.4) is 0 Å². The molecule has 2 rings (SSSR count). The summed E-state index contributed by atoms with van der Waals surface area (Å²) in [6, 6.07) is 1.49. The number of carboxylic acids is 1. The Morgan fingerprint density at radius 1 is 1.38 bits per heavy atom. The second kappa shape index (κ2) is 7.93. The van der Waals surface area contributed by atoms with Gasteiger partial charge in [0.05, 0.1) is 19.8 Å². The summed E-state index contributed by atoms with van der Waals surface area (Å²) in [4.78, 5) is 19.2. The van der Waals surface area contributed by atoms with Crippen molar-refractivity contribution in [2.75, 3.05) is 40.1 Å². The molecule has 0 radical (unpaired) electrons. The summed E-state index contributed by atoms with van der Waals surface area (Å²) >= 11 is 0. The summed E-state index contributed by atoms with van der Waals surface area (Å²) < 4.78 is 20.8. The number of methoxy groups -OCH3 is 1. The van der Waals surface area contributed by atoms with Crippen molar-refractivity contribution in [3.05, 3.63) is 18.0 Å². The Labute approximate surface area is 138 Å². The SMILES string of the molecule is COCCOCCOc1ccnc(C2=N[C@@](C)(C(=O)O)CO2)c1O. The fourth-order valence-electron chi connectivity index (χ4n) is 1.89. The van der Waals surface area contributed by atoms with Gasteiger partial charge < -0.3 is 29.2 Å². The number of aliphatic imine (C=N–C) groups is 1. The van der Waals surface area contributed by atoms with Crippen LogP contribution in [0.4, 0.5) is 0 Å². The molecule has 0 spiro atoms. The number of aromatic hydroxyl groups is 1. The topological polar surface area (TPSA) is 120 Å². The van der Waals surface area contributed by atoms with Gasteiger partial charge in [0, 0.05) is 19.4 Å². The highest BCUT2D eigenvalue weighted by molar-refractivity contribution is 5.99. The van der Waals surface area contributed by atoms with E-state index in [2.05, 4.69) is 9.98 Å². The molecule has 0 bridgehead atoms. The van der Waals surface area contributed by atoms with Gasteiger partial charge in [-0.3, -0.25) is 0 Å². The van der Waals surface area contributed by atoms with E-state index in [1.165, 1.54) is 19.2 Å². The van der Waals surface area contributed by atoms with E-state index in [4.69, 9.17) is 24.1 Å². The first-order valence-corrected chi connectivity index (χ1v) is 7.32. The first-order chi connectivity index (χ1) is 11.5. The van der Waals surface area contributed by atoms with Crippen LogP contribution in [-0.2, 0) is 19.0 Å². The molecule has 24 heavy (non-hydrogen) atoms. The first-order valence-electron chi connectivity index (χ1n) is 7.32. The third kappa shape index (κ3) is 4.12. The number of nitrogens with zero attached hydrogens (tertiary/aromatic N) is 2. The number of aliphatic carboxylic acids is 1. The molecule has 0 unspecified atom stereocenters. The molecule has 132 valence electrons. The zero-order valence-electron chi connectivity index (χ0n) is 13.5. The lowest BCUT2D eigenvalue weighted by Crippen LogP contribution is -2.34. The lowest BCUT2D eigenvalue weighted by molar-refractivity contribution is -0.142. The van der Waals surface area contributed by atoms with E-state index in [0.29, 0.717) is 19.8 Å². The average molecular weight is 340 g/mol. The Bertz CT molecular complexity index is 620. The maximum absolute atomic E-state index is 11.2. The van der Waals surface area contributed by atoms with Crippen molar-refractivity contribution in [1.82, 2.24) is 4.98 Å². The Kier molecular flexibility index (Phi) is 5.93. The Morgan fingerprint density at radius 3 is 2.79 bits per heavy atom. The van der Waals surface area contributed by atoms with Crippen LogP contribution in [0, 0.1) is 0 Å². The minimum Gasteiger partial charge on any atom is -0.503 e. The summed E-state index contributed by atoms with van der Waals surface area (Å²) in [5.41, 5.74) is -1.35. The molecule has 0 saturated heterocycles. The Morgan fingerprint density at radius 2 is 2.12 bits per heavy atom. The van der Waals surface area contributed by atoms with Gasteiger partial charge in [0.15, 0.2) is 22.7 Å². The molecule has 1 aromatic rings. The van der Waals surface area contributed by atoms with Crippen LogP contribution in [0.2, 0.25) is 0 Å². The van der Waals surface area contributed by atoms with Gasteiger partial charge in [-0.2, -0.15) is 0 Å². The number of carboxylic acid groups (broad SMARTS) is 1. The molecule has 9 heteroatoms. The van der Waals surface area contributed by atoms with Crippen molar-refractivity contribution >= 4 is 11.9 Å². The van der Waals surface area contributed by atoms with E-state index in [9.17, 15) is 9.90 Å². The molecule has 0 fully saturated rings. The molecule has 1 aliphatic heterocycles. The van der Waals surface area contributed by atoms with E-state index in [1.54, 1.807) is 7.11 Å². The number of rotatable bonds is 9. The molecule has 0 aromatic carbocycles. The fourth-order valence-corrected chi connectivity index (χ4v) is 1.89. The van der Waals surface area contributed by atoms with Gasteiger partial charge in [0.2, 0.25) is 5.90 Å². The molecule has 0 saturated carbocycles. The van der Waals surface area contributed by atoms with Crippen molar-refractivity contribution in [3.63, 3.8) is 0 Å². The smallest absolute Gasteiger partial charge is 0.335 e. The van der Waals surface area contributed by atoms with Gasteiger partial charge in [-0.15, -0.1) is 0 Å². The van der Waals surface area contributed by atoms with Gasteiger partial charge in [-0.05, 0) is 6.92 Å². The zero-order valence-corrected chi connectivity index (χ0v) is 13.5. The van der Waals surface area contributed by atoms with Gasteiger partial charge in [-0.1, -0.05) is 0 Å². The normalized spacial score (nSPS) is 19.7. The van der Waals surface area contributed by atoms with Gasteiger partial charge >= 0.3 is 5.97 Å². The number of aromatic nitrogens is 1. The molecule has 1 atom stereocenters. The summed E-state index contributed by atoms with van der Waals surface area (Å²) in [5.74, 6) is -1.22. The molecule has 1 aliphatic rings. The predicted octanol–water partition coefficient (Wildman–Crippen LogP) is 0.449. The molecule has 9 nitrogen and oxygen atoms in total. The summed E-state index contributed by atoms with van der Waals surface area (Å²) in [5, 5.41) is 19.4. The van der Waals surface area contributed by atoms with E-state index < -0.39 is 11.5 Å². The highest BCUT2D eigenvalue weighted by Crippen LogP contribution is 2.31. The minimum atomic E-state index is -1.39. The van der Waals surface area contributed by atoms with Crippen LogP contribution in [-0.4, -0.2) is 72.7 Å².